The second-order valence-corrected chi connectivity index (χ2v) is 14.1. The molecule has 9 heteroatoms. The molecule has 2 aromatic heterocycles. The number of para-hydroxylation sites is 1. The third-order valence-electron chi connectivity index (χ3n) is 8.60. The van der Waals surface area contributed by atoms with Gasteiger partial charge in [0.25, 0.3) is 5.91 Å². The highest BCUT2D eigenvalue weighted by molar-refractivity contribution is 7.21. The maximum Gasteiger partial charge on any atom is 0.347 e. The van der Waals surface area contributed by atoms with Crippen molar-refractivity contribution >= 4 is 50.1 Å². The summed E-state index contributed by atoms with van der Waals surface area (Å²) in [5.41, 5.74) is 6.07. The van der Waals surface area contributed by atoms with Crippen LogP contribution in [0.3, 0.4) is 0 Å². The molecule has 0 saturated heterocycles. The fourth-order valence-corrected chi connectivity index (χ4v) is 7.79. The molecule has 0 radical (unpaired) electrons. The van der Waals surface area contributed by atoms with Gasteiger partial charge in [0.2, 0.25) is 0 Å². The number of benzene rings is 3. The number of amides is 1. The van der Waals surface area contributed by atoms with Crippen molar-refractivity contribution in [3.63, 3.8) is 0 Å². The number of aryl methyl sites for hydroxylation is 2. The van der Waals surface area contributed by atoms with Gasteiger partial charge >= 0.3 is 11.6 Å². The molecule has 4 heterocycles. The molecule has 1 amide bonds. The first-order chi connectivity index (χ1) is 22.2. The Morgan fingerprint density at radius 2 is 1.78 bits per heavy atom. The van der Waals surface area contributed by atoms with E-state index >= 15 is 0 Å². The minimum Gasteiger partial charge on any atom is -0.460 e. The number of aromatic nitrogens is 1. The van der Waals surface area contributed by atoms with Crippen LogP contribution >= 0.6 is 11.3 Å². The third kappa shape index (κ3) is 5.68. The van der Waals surface area contributed by atoms with E-state index in [2.05, 4.69) is 16.3 Å². The summed E-state index contributed by atoms with van der Waals surface area (Å²) in [5.74, 6) is -0.571. The summed E-state index contributed by atoms with van der Waals surface area (Å²) in [5, 5.41) is 4.38. The first-order valence-corrected chi connectivity index (χ1v) is 16.9. The van der Waals surface area contributed by atoms with Gasteiger partial charge in [-0.2, -0.15) is 0 Å². The van der Waals surface area contributed by atoms with E-state index in [4.69, 9.17) is 14.1 Å². The number of carbonyl (C=O) groups excluding carboxylic acids is 2. The van der Waals surface area contributed by atoms with E-state index in [1.165, 1.54) is 22.6 Å². The summed E-state index contributed by atoms with van der Waals surface area (Å²) in [6.45, 7) is 7.82. The zero-order valence-electron chi connectivity index (χ0n) is 26.4. The minimum absolute atomic E-state index is 0.205. The van der Waals surface area contributed by atoms with Gasteiger partial charge in [-0.05, 0) is 88.3 Å². The van der Waals surface area contributed by atoms with Gasteiger partial charge in [0.15, 0.2) is 0 Å². The van der Waals surface area contributed by atoms with Crippen LogP contribution in [0.1, 0.15) is 67.9 Å². The molecular weight excluding hydrogens is 598 g/mol. The van der Waals surface area contributed by atoms with Gasteiger partial charge in [0, 0.05) is 53.8 Å². The van der Waals surface area contributed by atoms with Gasteiger partial charge in [0.05, 0.1) is 10.2 Å². The second-order valence-electron chi connectivity index (χ2n) is 13.1. The Kier molecular flexibility index (Phi) is 7.88. The monoisotopic (exact) mass is 635 g/mol. The molecule has 8 nitrogen and oxygen atoms in total. The van der Waals surface area contributed by atoms with E-state index in [9.17, 15) is 14.4 Å². The first-order valence-electron chi connectivity index (χ1n) is 16.0. The summed E-state index contributed by atoms with van der Waals surface area (Å²) in [7, 11) is 0. The van der Waals surface area contributed by atoms with Crippen molar-refractivity contribution in [3.05, 3.63) is 81.7 Å². The molecule has 5 aromatic rings. The molecule has 236 valence electrons. The Morgan fingerprint density at radius 1 is 1.02 bits per heavy atom. The van der Waals surface area contributed by atoms with Gasteiger partial charge in [0.1, 0.15) is 21.8 Å². The zero-order valence-corrected chi connectivity index (χ0v) is 27.2. The first kappa shape index (κ1) is 30.2. The third-order valence-corrected chi connectivity index (χ3v) is 9.66. The molecule has 0 unspecified atom stereocenters. The standard InChI is InChI=1S/C37H37N3O5S/c1-37(2,3)45-29(41)17-8-18-38-34(42)24-13-5-4-12-23(24)30-26-21-22-11-9-19-40-20-10-14-25(32(22)40)33(26)44-36(43)31(30)35-39-27-15-6-7-16-28(27)46-35/h4-7,12-13,15-16,21H,8-11,14,17-20H2,1-3H3,(H,38,42). The van der Waals surface area contributed by atoms with E-state index < -0.39 is 11.2 Å². The highest BCUT2D eigenvalue weighted by atomic mass is 32.1. The minimum atomic E-state index is -0.554. The molecule has 2 aliphatic heterocycles. The van der Waals surface area contributed by atoms with Gasteiger partial charge in [-0.15, -0.1) is 11.3 Å². The lowest BCUT2D eigenvalue weighted by atomic mass is 9.86. The Hall–Kier alpha value is -4.50. The van der Waals surface area contributed by atoms with Crippen LogP contribution in [0.4, 0.5) is 5.69 Å². The number of hydrogen-bond donors (Lipinski definition) is 1. The molecule has 0 spiro atoms. The molecule has 0 bridgehead atoms. The number of ether oxygens (including phenoxy) is 1. The quantitative estimate of drug-likeness (QED) is 0.114. The summed E-state index contributed by atoms with van der Waals surface area (Å²) in [6.07, 6.45) is 4.49. The molecular formula is C37H37N3O5S. The topological polar surface area (TPSA) is 102 Å². The number of thiazole rings is 1. The fourth-order valence-electron chi connectivity index (χ4n) is 6.79. The SMILES string of the molecule is CC(C)(C)OC(=O)CCCNC(=O)c1ccccc1-c1c(-c2nc3ccccc3s2)c(=O)oc2c3c4c(cc12)CCCN4CCC3. The average Bonchev–Trinajstić information content (AvgIpc) is 3.46. The van der Waals surface area contributed by atoms with Crippen molar-refractivity contribution in [1.82, 2.24) is 10.3 Å². The smallest absolute Gasteiger partial charge is 0.347 e. The van der Waals surface area contributed by atoms with Crippen LogP contribution in [0.25, 0.3) is 42.9 Å². The van der Waals surface area contributed by atoms with Crippen LogP contribution in [0, 0.1) is 0 Å². The number of nitrogens with one attached hydrogen (secondary N) is 1. The number of esters is 1. The van der Waals surface area contributed by atoms with Crippen LogP contribution in [0.5, 0.6) is 0 Å². The number of anilines is 1. The summed E-state index contributed by atoms with van der Waals surface area (Å²) in [6, 6.07) is 17.4. The Balaban J connectivity index is 1.36. The van der Waals surface area contributed by atoms with Crippen molar-refractivity contribution < 1.29 is 18.7 Å². The molecule has 0 fully saturated rings. The van der Waals surface area contributed by atoms with Crippen LogP contribution < -0.4 is 15.8 Å². The van der Waals surface area contributed by atoms with Crippen LogP contribution in [0.2, 0.25) is 0 Å². The highest BCUT2D eigenvalue weighted by Gasteiger charge is 2.31. The van der Waals surface area contributed by atoms with E-state index in [1.807, 2.05) is 63.2 Å². The van der Waals surface area contributed by atoms with E-state index in [0.717, 1.165) is 59.9 Å². The molecule has 2 aliphatic rings. The normalized spacial score (nSPS) is 14.4. The number of carbonyl (C=O) groups is 2. The average molecular weight is 636 g/mol. The Labute approximate surface area is 271 Å². The summed E-state index contributed by atoms with van der Waals surface area (Å²) in [4.78, 5) is 47.4. The lowest BCUT2D eigenvalue weighted by molar-refractivity contribution is -0.154. The van der Waals surface area contributed by atoms with Crippen molar-refractivity contribution in [2.45, 2.75) is 64.9 Å². The Morgan fingerprint density at radius 3 is 2.59 bits per heavy atom. The predicted molar refractivity (Wildman–Crippen MR) is 183 cm³/mol. The number of fused-ring (bicyclic) bond motifs is 3. The largest absolute Gasteiger partial charge is 0.460 e. The van der Waals surface area contributed by atoms with Crippen molar-refractivity contribution in [1.29, 1.82) is 0 Å². The van der Waals surface area contributed by atoms with Crippen LogP contribution in [-0.2, 0) is 22.4 Å². The number of nitrogens with zero attached hydrogens (tertiary/aromatic N) is 2. The highest BCUT2D eigenvalue weighted by Crippen LogP contribution is 2.46. The van der Waals surface area contributed by atoms with E-state index in [-0.39, 0.29) is 18.3 Å². The lowest BCUT2D eigenvalue weighted by Crippen LogP contribution is -2.34. The van der Waals surface area contributed by atoms with Gasteiger partial charge < -0.3 is 19.4 Å². The lowest BCUT2D eigenvalue weighted by Gasteiger charge is -2.37. The van der Waals surface area contributed by atoms with E-state index in [1.54, 1.807) is 6.07 Å². The molecule has 7 rings (SSSR count). The predicted octanol–water partition coefficient (Wildman–Crippen LogP) is 7.29. The summed E-state index contributed by atoms with van der Waals surface area (Å²) >= 11 is 1.45. The van der Waals surface area contributed by atoms with Gasteiger partial charge in [-0.3, -0.25) is 9.59 Å². The molecule has 3 aromatic carbocycles. The number of hydrogen-bond acceptors (Lipinski definition) is 8. The maximum atomic E-state index is 14.1. The molecule has 0 aliphatic carbocycles. The van der Waals surface area contributed by atoms with Gasteiger partial charge in [-0.1, -0.05) is 30.3 Å². The molecule has 46 heavy (non-hydrogen) atoms. The zero-order chi connectivity index (χ0) is 32.0. The van der Waals surface area contributed by atoms with Crippen LogP contribution in [-0.4, -0.2) is 42.1 Å². The molecule has 0 saturated carbocycles. The van der Waals surface area contributed by atoms with E-state index in [0.29, 0.717) is 45.8 Å². The Bertz CT molecular complexity index is 2020. The fraction of sp³-hybridized carbons (Fsp3) is 0.351. The van der Waals surface area contributed by atoms with Crippen LogP contribution in [0.15, 0.2) is 63.8 Å². The van der Waals surface area contributed by atoms with Crippen molar-refractivity contribution in [3.8, 4) is 21.7 Å². The van der Waals surface area contributed by atoms with Crippen molar-refractivity contribution in [2.24, 2.45) is 0 Å². The van der Waals surface area contributed by atoms with Gasteiger partial charge in [-0.25, -0.2) is 9.78 Å². The van der Waals surface area contributed by atoms with Crippen molar-refractivity contribution in [2.75, 3.05) is 24.5 Å². The molecule has 1 N–H and O–H groups in total. The summed E-state index contributed by atoms with van der Waals surface area (Å²) < 4.78 is 12.6. The molecule has 0 atom stereocenters. The maximum absolute atomic E-state index is 14.1. The number of rotatable bonds is 7. The second kappa shape index (κ2) is 12.0.